The van der Waals surface area contributed by atoms with Gasteiger partial charge in [-0.1, -0.05) is 0 Å². The molecule has 106 valence electrons. The number of ether oxygens (including phenoxy) is 1. The van der Waals surface area contributed by atoms with E-state index in [1.807, 2.05) is 12.1 Å². The summed E-state index contributed by atoms with van der Waals surface area (Å²) < 4.78 is 5.92. The Bertz CT molecular complexity index is 530. The van der Waals surface area contributed by atoms with Gasteiger partial charge >= 0.3 is 5.97 Å². The van der Waals surface area contributed by atoms with Gasteiger partial charge < -0.3 is 15.4 Å². The van der Waals surface area contributed by atoms with Crippen molar-refractivity contribution in [2.45, 2.75) is 18.9 Å². The number of halogens is 1. The monoisotopic (exact) mass is 388 g/mol. The van der Waals surface area contributed by atoms with Crippen LogP contribution in [0.4, 0.5) is 5.69 Å². The average molecular weight is 388 g/mol. The molecular formula is C13H13IN2O4. The molecule has 2 N–H and O–H groups in total. The normalized spacial score (nSPS) is 17.4. The zero-order valence-corrected chi connectivity index (χ0v) is 12.7. The molecule has 0 spiro atoms. The third-order valence-electron chi connectivity index (χ3n) is 2.75. The standard InChI is InChI=1S/C13H13IN2O4/c14-8-1-3-9(4-2-8)15-12(18)7-20-13(19)10-5-6-11(17)16-10/h1-4,10H,5-7H2,(H,15,18)(H,16,17)/t10-/m0/s1. The third-order valence-corrected chi connectivity index (χ3v) is 3.47. The van der Waals surface area contributed by atoms with Crippen molar-refractivity contribution in [2.75, 3.05) is 11.9 Å². The van der Waals surface area contributed by atoms with E-state index in [1.165, 1.54) is 0 Å². The number of carbonyl (C=O) groups excluding carboxylic acids is 3. The Labute approximate surface area is 129 Å². The highest BCUT2D eigenvalue weighted by molar-refractivity contribution is 14.1. The topological polar surface area (TPSA) is 84.5 Å². The molecule has 1 aliphatic heterocycles. The minimum absolute atomic E-state index is 0.171. The molecule has 1 aromatic carbocycles. The van der Waals surface area contributed by atoms with Gasteiger partial charge in [0, 0.05) is 15.7 Å². The van der Waals surface area contributed by atoms with Crippen molar-refractivity contribution in [3.63, 3.8) is 0 Å². The molecule has 0 aromatic heterocycles. The molecule has 1 aromatic rings. The van der Waals surface area contributed by atoms with Crippen LogP contribution in [0.5, 0.6) is 0 Å². The summed E-state index contributed by atoms with van der Waals surface area (Å²) in [5.74, 6) is -1.16. The van der Waals surface area contributed by atoms with E-state index in [4.69, 9.17) is 4.74 Å². The average Bonchev–Trinajstić information content (AvgIpc) is 2.85. The summed E-state index contributed by atoms with van der Waals surface area (Å²) >= 11 is 2.16. The lowest BCUT2D eigenvalue weighted by molar-refractivity contribution is -0.149. The summed E-state index contributed by atoms with van der Waals surface area (Å²) in [5.41, 5.74) is 0.639. The van der Waals surface area contributed by atoms with Crippen LogP contribution >= 0.6 is 22.6 Å². The van der Waals surface area contributed by atoms with E-state index in [-0.39, 0.29) is 12.5 Å². The SMILES string of the molecule is O=C(COC(=O)[C@@H]1CCC(=O)N1)Nc1ccc(I)cc1. The smallest absolute Gasteiger partial charge is 0.329 e. The number of benzene rings is 1. The summed E-state index contributed by atoms with van der Waals surface area (Å²) in [6, 6.07) is 6.61. The van der Waals surface area contributed by atoms with Gasteiger partial charge in [0.2, 0.25) is 5.91 Å². The maximum atomic E-state index is 11.6. The summed E-state index contributed by atoms with van der Waals surface area (Å²) in [4.78, 5) is 34.1. The Balaban J connectivity index is 1.76. The lowest BCUT2D eigenvalue weighted by Gasteiger charge is -2.10. The van der Waals surface area contributed by atoms with Crippen LogP contribution in [-0.4, -0.2) is 30.4 Å². The van der Waals surface area contributed by atoms with Gasteiger partial charge in [0.25, 0.3) is 5.91 Å². The second-order valence-corrected chi connectivity index (χ2v) is 5.57. The fourth-order valence-corrected chi connectivity index (χ4v) is 2.12. The Kier molecular flexibility index (Phi) is 4.94. The Morgan fingerprint density at radius 3 is 2.65 bits per heavy atom. The van der Waals surface area contributed by atoms with Crippen LogP contribution in [0.3, 0.4) is 0 Å². The Hall–Kier alpha value is -1.64. The summed E-state index contributed by atoms with van der Waals surface area (Å²) in [7, 11) is 0. The number of rotatable bonds is 4. The first-order chi connectivity index (χ1) is 9.54. The number of hydrogen-bond donors (Lipinski definition) is 2. The van der Waals surface area contributed by atoms with Crippen LogP contribution in [-0.2, 0) is 19.1 Å². The van der Waals surface area contributed by atoms with Crippen LogP contribution < -0.4 is 10.6 Å². The minimum atomic E-state index is -0.631. The van der Waals surface area contributed by atoms with Gasteiger partial charge in [-0.25, -0.2) is 4.79 Å². The first kappa shape index (κ1) is 14.8. The molecule has 7 heteroatoms. The lowest BCUT2D eigenvalue weighted by Crippen LogP contribution is -2.36. The van der Waals surface area contributed by atoms with Crippen molar-refractivity contribution >= 4 is 46.1 Å². The second-order valence-electron chi connectivity index (χ2n) is 4.32. The number of esters is 1. The van der Waals surface area contributed by atoms with Gasteiger partial charge in [-0.05, 0) is 53.3 Å². The highest BCUT2D eigenvalue weighted by atomic mass is 127. The van der Waals surface area contributed by atoms with E-state index < -0.39 is 17.9 Å². The molecule has 1 fully saturated rings. The molecular weight excluding hydrogens is 375 g/mol. The molecule has 0 radical (unpaired) electrons. The Morgan fingerprint density at radius 2 is 2.05 bits per heavy atom. The van der Waals surface area contributed by atoms with Gasteiger partial charge in [0.05, 0.1) is 0 Å². The molecule has 1 saturated heterocycles. The number of amides is 2. The maximum absolute atomic E-state index is 11.6. The number of anilines is 1. The fraction of sp³-hybridized carbons (Fsp3) is 0.308. The van der Waals surface area contributed by atoms with E-state index in [1.54, 1.807) is 12.1 Å². The van der Waals surface area contributed by atoms with Gasteiger partial charge in [-0.15, -0.1) is 0 Å². The largest absolute Gasteiger partial charge is 0.454 e. The number of hydrogen-bond acceptors (Lipinski definition) is 4. The molecule has 1 heterocycles. The third kappa shape index (κ3) is 4.19. The first-order valence-corrected chi connectivity index (χ1v) is 7.14. The molecule has 0 saturated carbocycles. The van der Waals surface area contributed by atoms with Crippen LogP contribution in [0.25, 0.3) is 0 Å². The van der Waals surface area contributed by atoms with E-state index in [0.29, 0.717) is 18.5 Å². The zero-order valence-electron chi connectivity index (χ0n) is 10.5. The predicted octanol–water partition coefficient (Wildman–Crippen LogP) is 1.05. The van der Waals surface area contributed by atoms with Gasteiger partial charge in [0.1, 0.15) is 6.04 Å². The minimum Gasteiger partial charge on any atom is -0.454 e. The van der Waals surface area contributed by atoms with Gasteiger partial charge in [-0.3, -0.25) is 9.59 Å². The maximum Gasteiger partial charge on any atom is 0.329 e. The lowest BCUT2D eigenvalue weighted by atomic mass is 10.2. The van der Waals surface area contributed by atoms with E-state index in [2.05, 4.69) is 33.2 Å². The molecule has 1 aliphatic rings. The predicted molar refractivity (Wildman–Crippen MR) is 79.9 cm³/mol. The molecule has 2 amide bonds. The van der Waals surface area contributed by atoms with Crippen molar-refractivity contribution < 1.29 is 19.1 Å². The fourth-order valence-electron chi connectivity index (χ4n) is 1.76. The molecule has 1 atom stereocenters. The van der Waals surface area contributed by atoms with E-state index in [0.717, 1.165) is 3.57 Å². The van der Waals surface area contributed by atoms with Crippen molar-refractivity contribution in [3.8, 4) is 0 Å². The van der Waals surface area contributed by atoms with Crippen LogP contribution in [0.1, 0.15) is 12.8 Å². The van der Waals surface area contributed by atoms with Crippen LogP contribution in [0.2, 0.25) is 0 Å². The Morgan fingerprint density at radius 1 is 1.35 bits per heavy atom. The van der Waals surface area contributed by atoms with Crippen molar-refractivity contribution in [1.29, 1.82) is 0 Å². The molecule has 0 unspecified atom stereocenters. The van der Waals surface area contributed by atoms with Crippen molar-refractivity contribution in [3.05, 3.63) is 27.8 Å². The molecule has 20 heavy (non-hydrogen) atoms. The highest BCUT2D eigenvalue weighted by Crippen LogP contribution is 2.11. The van der Waals surface area contributed by atoms with E-state index >= 15 is 0 Å². The molecule has 6 nitrogen and oxygen atoms in total. The number of nitrogens with one attached hydrogen (secondary N) is 2. The highest BCUT2D eigenvalue weighted by Gasteiger charge is 2.28. The first-order valence-electron chi connectivity index (χ1n) is 6.06. The molecule has 0 aliphatic carbocycles. The summed E-state index contributed by atoms with van der Waals surface area (Å²) in [6.07, 6.45) is 0.727. The summed E-state index contributed by atoms with van der Waals surface area (Å²) in [5, 5.41) is 5.10. The second kappa shape index (κ2) is 6.69. The van der Waals surface area contributed by atoms with Crippen LogP contribution in [0, 0.1) is 3.57 Å². The van der Waals surface area contributed by atoms with Crippen LogP contribution in [0.15, 0.2) is 24.3 Å². The van der Waals surface area contributed by atoms with Gasteiger partial charge in [0.15, 0.2) is 6.61 Å². The molecule has 2 rings (SSSR count). The summed E-state index contributed by atoms with van der Waals surface area (Å²) in [6.45, 7) is -0.364. The van der Waals surface area contributed by atoms with Gasteiger partial charge in [-0.2, -0.15) is 0 Å². The molecule has 0 bridgehead atoms. The number of carbonyl (C=O) groups is 3. The van der Waals surface area contributed by atoms with E-state index in [9.17, 15) is 14.4 Å². The van der Waals surface area contributed by atoms with Crippen molar-refractivity contribution in [1.82, 2.24) is 5.32 Å². The zero-order chi connectivity index (χ0) is 14.5. The quantitative estimate of drug-likeness (QED) is 0.597. The van der Waals surface area contributed by atoms with Crippen molar-refractivity contribution in [2.24, 2.45) is 0 Å².